The van der Waals surface area contributed by atoms with Gasteiger partial charge in [-0.25, -0.2) is 0 Å². The molecule has 0 N–H and O–H groups in total. The summed E-state index contributed by atoms with van der Waals surface area (Å²) < 4.78 is 0. The Kier molecular flexibility index (Phi) is 12.7. The molecule has 4 aromatic rings. The molecule has 0 fully saturated rings. The van der Waals surface area contributed by atoms with Gasteiger partial charge in [-0.2, -0.15) is 0 Å². The van der Waals surface area contributed by atoms with Crippen molar-refractivity contribution >= 4 is 17.1 Å². The van der Waals surface area contributed by atoms with Crippen LogP contribution in [0, 0.1) is 0 Å². The van der Waals surface area contributed by atoms with Gasteiger partial charge in [-0.05, 0) is 81.8 Å². The van der Waals surface area contributed by atoms with Crippen LogP contribution < -0.4 is 4.90 Å². The standard InChI is InChI=1S/C49H67N/c1-9-11-13-15-17-25-33-49(34-26-18-16-14-12-10-2)43-35-38(47(3,4)5)31-32-42(43)46-44(49)36-39(48(6,7)8)37-45(46)50(40-27-21-19-22-28-40)41-29-23-20-24-30-41/h19-24,27-32,35-37H,9-18,25-26,33-34H2,1-8H3. The predicted molar refractivity (Wildman–Crippen MR) is 221 cm³/mol. The minimum absolute atomic E-state index is 0.0104. The van der Waals surface area contributed by atoms with E-state index < -0.39 is 0 Å². The minimum atomic E-state index is 0.0104. The van der Waals surface area contributed by atoms with Gasteiger partial charge in [0.2, 0.25) is 0 Å². The van der Waals surface area contributed by atoms with E-state index in [9.17, 15) is 0 Å². The Balaban J connectivity index is 1.78. The Morgan fingerprint density at radius 1 is 0.480 bits per heavy atom. The zero-order valence-corrected chi connectivity index (χ0v) is 33.0. The van der Waals surface area contributed by atoms with Gasteiger partial charge in [-0.15, -0.1) is 0 Å². The van der Waals surface area contributed by atoms with Gasteiger partial charge in [0, 0.05) is 22.4 Å². The molecule has 1 heteroatoms. The highest BCUT2D eigenvalue weighted by atomic mass is 15.1. The second-order valence-corrected chi connectivity index (χ2v) is 17.3. The number of anilines is 3. The third-order valence-corrected chi connectivity index (χ3v) is 11.4. The maximum Gasteiger partial charge on any atom is 0.0546 e. The molecule has 0 saturated carbocycles. The van der Waals surface area contributed by atoms with Gasteiger partial charge in [0.1, 0.15) is 0 Å². The highest BCUT2D eigenvalue weighted by Gasteiger charge is 2.45. The molecular weight excluding hydrogens is 603 g/mol. The topological polar surface area (TPSA) is 3.24 Å². The maximum absolute atomic E-state index is 2.66. The van der Waals surface area contributed by atoms with Crippen LogP contribution in [0.25, 0.3) is 11.1 Å². The van der Waals surface area contributed by atoms with E-state index in [1.807, 2.05) is 0 Å². The first-order valence-electron chi connectivity index (χ1n) is 20.3. The van der Waals surface area contributed by atoms with Crippen LogP contribution >= 0.6 is 0 Å². The first-order chi connectivity index (χ1) is 24.0. The summed E-state index contributed by atoms with van der Waals surface area (Å²) in [4.78, 5) is 2.54. The van der Waals surface area contributed by atoms with Crippen molar-refractivity contribution in [3.63, 3.8) is 0 Å². The Labute approximate surface area is 306 Å². The van der Waals surface area contributed by atoms with E-state index >= 15 is 0 Å². The van der Waals surface area contributed by atoms with Crippen molar-refractivity contribution in [1.29, 1.82) is 0 Å². The number of unbranched alkanes of at least 4 members (excludes halogenated alkanes) is 10. The summed E-state index contributed by atoms with van der Waals surface area (Å²) in [6, 6.07) is 34.9. The fourth-order valence-corrected chi connectivity index (χ4v) is 8.33. The molecule has 4 aromatic carbocycles. The summed E-state index contributed by atoms with van der Waals surface area (Å²) >= 11 is 0. The fourth-order valence-electron chi connectivity index (χ4n) is 8.33. The van der Waals surface area contributed by atoms with Crippen molar-refractivity contribution in [2.24, 2.45) is 0 Å². The average molecular weight is 670 g/mol. The number of rotatable bonds is 17. The Bertz CT molecular complexity index is 1580. The van der Waals surface area contributed by atoms with Crippen molar-refractivity contribution in [3.8, 4) is 11.1 Å². The molecule has 0 saturated heterocycles. The maximum atomic E-state index is 2.66. The van der Waals surface area contributed by atoms with Gasteiger partial charge >= 0.3 is 0 Å². The van der Waals surface area contributed by atoms with Crippen molar-refractivity contribution in [3.05, 3.63) is 113 Å². The highest BCUT2D eigenvalue weighted by molar-refractivity contribution is 5.95. The van der Waals surface area contributed by atoms with Gasteiger partial charge in [-0.3, -0.25) is 0 Å². The van der Waals surface area contributed by atoms with Crippen LogP contribution in [-0.2, 0) is 16.2 Å². The second-order valence-electron chi connectivity index (χ2n) is 17.3. The first-order valence-corrected chi connectivity index (χ1v) is 20.3. The van der Waals surface area contributed by atoms with Crippen LogP contribution in [-0.4, -0.2) is 0 Å². The molecule has 1 nitrogen and oxygen atoms in total. The summed E-state index contributed by atoms with van der Waals surface area (Å²) in [5.74, 6) is 0. The Hall–Kier alpha value is -3.32. The summed E-state index contributed by atoms with van der Waals surface area (Å²) in [6.07, 6.45) is 18.4. The molecular formula is C49H67N. The lowest BCUT2D eigenvalue weighted by Gasteiger charge is -2.36. The SMILES string of the molecule is CCCCCCCCC1(CCCCCCCC)c2cc(C(C)(C)C)ccc2-c2c(N(c3ccccc3)c3ccccc3)cc(C(C)(C)C)cc21. The molecule has 268 valence electrons. The van der Waals surface area contributed by atoms with E-state index in [4.69, 9.17) is 0 Å². The number of para-hydroxylation sites is 2. The van der Waals surface area contributed by atoms with Crippen LogP contribution in [0.1, 0.15) is 168 Å². The monoisotopic (exact) mass is 670 g/mol. The number of hydrogen-bond donors (Lipinski definition) is 0. The third kappa shape index (κ3) is 8.58. The quantitative estimate of drug-likeness (QED) is 0.101. The van der Waals surface area contributed by atoms with Crippen molar-refractivity contribution in [2.45, 2.75) is 162 Å². The van der Waals surface area contributed by atoms with E-state index in [2.05, 4.69) is 151 Å². The Morgan fingerprint density at radius 2 is 0.940 bits per heavy atom. The molecule has 0 aliphatic heterocycles. The molecule has 0 radical (unpaired) electrons. The van der Waals surface area contributed by atoms with Crippen LogP contribution in [0.2, 0.25) is 0 Å². The van der Waals surface area contributed by atoms with E-state index in [0.717, 1.165) is 0 Å². The van der Waals surface area contributed by atoms with Crippen molar-refractivity contribution in [2.75, 3.05) is 4.90 Å². The zero-order valence-electron chi connectivity index (χ0n) is 33.0. The number of hydrogen-bond acceptors (Lipinski definition) is 1. The van der Waals surface area contributed by atoms with E-state index in [-0.39, 0.29) is 16.2 Å². The molecule has 0 heterocycles. The smallest absolute Gasteiger partial charge is 0.0546 e. The Morgan fingerprint density at radius 3 is 1.42 bits per heavy atom. The second kappa shape index (κ2) is 16.8. The lowest BCUT2D eigenvalue weighted by molar-refractivity contribution is 0.396. The molecule has 0 aromatic heterocycles. The third-order valence-electron chi connectivity index (χ3n) is 11.4. The van der Waals surface area contributed by atoms with Gasteiger partial charge in [0.15, 0.2) is 0 Å². The molecule has 0 spiro atoms. The molecule has 0 atom stereocenters. The van der Waals surface area contributed by atoms with Crippen LogP contribution in [0.5, 0.6) is 0 Å². The van der Waals surface area contributed by atoms with Gasteiger partial charge in [0.05, 0.1) is 5.69 Å². The number of benzene rings is 4. The normalized spacial score (nSPS) is 13.7. The lowest BCUT2D eigenvalue weighted by Crippen LogP contribution is -2.27. The van der Waals surface area contributed by atoms with Gasteiger partial charge in [-0.1, -0.05) is 193 Å². The van der Waals surface area contributed by atoms with E-state index in [0.29, 0.717) is 0 Å². The largest absolute Gasteiger partial charge is 0.310 e. The summed E-state index contributed by atoms with van der Waals surface area (Å²) in [5.41, 5.74) is 12.8. The molecule has 1 aliphatic carbocycles. The molecule has 5 rings (SSSR count). The van der Waals surface area contributed by atoms with Crippen LogP contribution in [0.15, 0.2) is 91.0 Å². The highest BCUT2D eigenvalue weighted by Crippen LogP contribution is 2.59. The van der Waals surface area contributed by atoms with Gasteiger partial charge in [0.25, 0.3) is 0 Å². The minimum Gasteiger partial charge on any atom is -0.310 e. The van der Waals surface area contributed by atoms with Crippen molar-refractivity contribution in [1.82, 2.24) is 0 Å². The van der Waals surface area contributed by atoms with E-state index in [1.54, 1.807) is 11.1 Å². The van der Waals surface area contributed by atoms with Crippen molar-refractivity contribution < 1.29 is 0 Å². The lowest BCUT2D eigenvalue weighted by atomic mass is 9.68. The van der Waals surface area contributed by atoms with E-state index in [1.165, 1.54) is 129 Å². The summed E-state index contributed by atoms with van der Waals surface area (Å²) in [6.45, 7) is 19.0. The molecule has 1 aliphatic rings. The predicted octanol–water partition coefficient (Wildman–Crippen LogP) is 15.5. The van der Waals surface area contributed by atoms with Crippen LogP contribution in [0.3, 0.4) is 0 Å². The molecule has 0 amide bonds. The number of nitrogens with zero attached hydrogens (tertiary/aromatic N) is 1. The first kappa shape index (κ1) is 37.9. The molecule has 0 unspecified atom stereocenters. The molecule has 0 bridgehead atoms. The molecule has 50 heavy (non-hydrogen) atoms. The average Bonchev–Trinajstić information content (AvgIpc) is 3.37. The van der Waals surface area contributed by atoms with Crippen LogP contribution in [0.4, 0.5) is 17.1 Å². The fraction of sp³-hybridized carbons (Fsp3) is 0.510. The summed E-state index contributed by atoms with van der Waals surface area (Å²) in [7, 11) is 0. The number of fused-ring (bicyclic) bond motifs is 3. The van der Waals surface area contributed by atoms with Gasteiger partial charge < -0.3 is 4.90 Å². The summed E-state index contributed by atoms with van der Waals surface area (Å²) in [5, 5.41) is 0. The zero-order chi connectivity index (χ0) is 35.8.